The number of sulfonamides is 1. The van der Waals surface area contributed by atoms with Crippen LogP contribution >= 0.6 is 0 Å². The number of pyridine rings is 1. The average Bonchev–Trinajstić information content (AvgIpc) is 2.99. The number of aromatic nitrogens is 2. The molecule has 0 bridgehead atoms. The van der Waals surface area contributed by atoms with Gasteiger partial charge in [-0.15, -0.1) is 0 Å². The second kappa shape index (κ2) is 7.17. The molecule has 0 aliphatic carbocycles. The number of hydrogen-bond donors (Lipinski definition) is 1. The van der Waals surface area contributed by atoms with Crippen molar-refractivity contribution < 1.29 is 26.0 Å². The number of nitrogens with zero attached hydrogens (tertiary/aromatic N) is 2. The molecule has 3 aromatic rings. The van der Waals surface area contributed by atoms with Crippen molar-refractivity contribution >= 4 is 20.9 Å². The van der Waals surface area contributed by atoms with E-state index in [1.165, 1.54) is 0 Å². The Bertz CT molecular complexity index is 1110. The zero-order chi connectivity index (χ0) is 20.7. The summed E-state index contributed by atoms with van der Waals surface area (Å²) in [6.07, 6.45) is -3.46. The van der Waals surface area contributed by atoms with Crippen LogP contribution in [0.4, 0.5) is 17.6 Å². The number of benzene rings is 1. The van der Waals surface area contributed by atoms with Crippen molar-refractivity contribution in [3.63, 3.8) is 0 Å². The van der Waals surface area contributed by atoms with E-state index in [9.17, 15) is 26.0 Å². The maximum Gasteiger partial charge on any atom is 0.433 e. The molecule has 0 aliphatic rings. The lowest BCUT2D eigenvalue weighted by molar-refractivity contribution is -0.141. The zero-order valence-corrected chi connectivity index (χ0v) is 15.8. The summed E-state index contributed by atoms with van der Waals surface area (Å²) in [5, 5.41) is 0.470. The zero-order valence-electron chi connectivity index (χ0n) is 15.0. The van der Waals surface area contributed by atoms with Gasteiger partial charge in [-0.25, -0.2) is 17.5 Å². The third kappa shape index (κ3) is 3.88. The molecule has 1 atom stereocenters. The Morgan fingerprint density at radius 1 is 1.18 bits per heavy atom. The van der Waals surface area contributed by atoms with E-state index in [1.807, 2.05) is 0 Å². The number of rotatable bonds is 5. The molecule has 0 radical (unpaired) electrons. The van der Waals surface area contributed by atoms with E-state index in [0.717, 1.165) is 36.5 Å². The van der Waals surface area contributed by atoms with Gasteiger partial charge in [0.05, 0.1) is 16.5 Å². The molecular weight excluding hydrogens is 398 g/mol. The second-order valence-electron chi connectivity index (χ2n) is 6.24. The highest BCUT2D eigenvalue weighted by Crippen LogP contribution is 2.32. The number of nitrogens with one attached hydrogen (secondary N) is 1. The van der Waals surface area contributed by atoms with Crippen molar-refractivity contribution in [1.82, 2.24) is 14.3 Å². The first-order valence-corrected chi connectivity index (χ1v) is 9.85. The molecule has 150 valence electrons. The van der Waals surface area contributed by atoms with Crippen LogP contribution < -0.4 is 4.72 Å². The molecule has 0 saturated carbocycles. The fourth-order valence-corrected chi connectivity index (χ4v) is 4.23. The number of alkyl halides is 3. The second-order valence-corrected chi connectivity index (χ2v) is 7.95. The Balaban J connectivity index is 1.99. The molecule has 2 aromatic heterocycles. The van der Waals surface area contributed by atoms with Crippen LogP contribution in [0.25, 0.3) is 10.9 Å². The predicted octanol–water partition coefficient (Wildman–Crippen LogP) is 4.25. The highest BCUT2D eigenvalue weighted by atomic mass is 32.2. The molecule has 0 unspecified atom stereocenters. The normalized spacial score (nSPS) is 13.8. The molecule has 0 spiro atoms. The first-order chi connectivity index (χ1) is 13.0. The number of fused-ring (bicyclic) bond motifs is 1. The van der Waals surface area contributed by atoms with E-state index in [1.54, 1.807) is 24.5 Å². The fraction of sp³-hybridized carbons (Fsp3) is 0.278. The Morgan fingerprint density at radius 2 is 1.82 bits per heavy atom. The standard InChI is InChI=1S/C18H17F4N3O2S/c1-3-25-15(8-12-10-23-17(9-16(12)25)18(20,21)22)11(2)24-28(26,27)14-6-4-13(19)5-7-14/h4-11,24H,3H2,1-2H3/t11-/m1/s1. The lowest BCUT2D eigenvalue weighted by atomic mass is 10.2. The molecule has 1 aromatic carbocycles. The van der Waals surface area contributed by atoms with Gasteiger partial charge in [0.2, 0.25) is 10.0 Å². The molecule has 28 heavy (non-hydrogen) atoms. The van der Waals surface area contributed by atoms with Crippen LogP contribution in [0.1, 0.15) is 31.3 Å². The van der Waals surface area contributed by atoms with E-state index < -0.39 is 33.8 Å². The lowest BCUT2D eigenvalue weighted by Gasteiger charge is -2.17. The van der Waals surface area contributed by atoms with Gasteiger partial charge in [0, 0.05) is 23.8 Å². The Morgan fingerprint density at radius 3 is 2.39 bits per heavy atom. The number of hydrogen-bond acceptors (Lipinski definition) is 3. The van der Waals surface area contributed by atoms with Gasteiger partial charge in [0.1, 0.15) is 11.5 Å². The van der Waals surface area contributed by atoms with E-state index in [0.29, 0.717) is 23.1 Å². The topological polar surface area (TPSA) is 64.0 Å². The maximum atomic E-state index is 13.0. The SMILES string of the molecule is CCn1c([C@@H](C)NS(=O)(=O)c2ccc(F)cc2)cc2cnc(C(F)(F)F)cc21. The highest BCUT2D eigenvalue weighted by molar-refractivity contribution is 7.89. The Hall–Kier alpha value is -2.46. The van der Waals surface area contributed by atoms with E-state index in [-0.39, 0.29) is 4.90 Å². The molecule has 0 fully saturated rings. The van der Waals surface area contributed by atoms with Crippen LogP contribution in [-0.2, 0) is 22.7 Å². The first kappa shape index (κ1) is 20.3. The summed E-state index contributed by atoms with van der Waals surface area (Å²) >= 11 is 0. The first-order valence-electron chi connectivity index (χ1n) is 8.37. The summed E-state index contributed by atoms with van der Waals surface area (Å²) in [5.41, 5.74) is -0.212. The van der Waals surface area contributed by atoms with Crippen molar-refractivity contribution in [2.24, 2.45) is 0 Å². The predicted molar refractivity (Wildman–Crippen MR) is 95.5 cm³/mol. The number of aryl methyl sites for hydroxylation is 1. The van der Waals surface area contributed by atoms with Crippen LogP contribution in [-0.4, -0.2) is 18.0 Å². The smallest absolute Gasteiger partial charge is 0.343 e. The lowest BCUT2D eigenvalue weighted by Crippen LogP contribution is -2.28. The largest absolute Gasteiger partial charge is 0.433 e. The van der Waals surface area contributed by atoms with Crippen molar-refractivity contribution in [3.8, 4) is 0 Å². The molecule has 1 N–H and O–H groups in total. The molecular formula is C18H17F4N3O2S. The molecule has 0 aliphatic heterocycles. The minimum atomic E-state index is -4.58. The van der Waals surface area contributed by atoms with Gasteiger partial charge < -0.3 is 4.57 Å². The van der Waals surface area contributed by atoms with Crippen LogP contribution in [0.3, 0.4) is 0 Å². The van der Waals surface area contributed by atoms with Gasteiger partial charge in [0.15, 0.2) is 0 Å². The fourth-order valence-electron chi connectivity index (χ4n) is 3.02. The minimum absolute atomic E-state index is 0.110. The summed E-state index contributed by atoms with van der Waals surface area (Å²) in [6.45, 7) is 3.67. The van der Waals surface area contributed by atoms with Gasteiger partial charge in [-0.1, -0.05) is 0 Å². The number of halogens is 4. The van der Waals surface area contributed by atoms with Gasteiger partial charge in [-0.3, -0.25) is 4.98 Å². The highest BCUT2D eigenvalue weighted by Gasteiger charge is 2.33. The van der Waals surface area contributed by atoms with Crippen molar-refractivity contribution in [1.29, 1.82) is 0 Å². The van der Waals surface area contributed by atoms with Crippen LogP contribution in [0.5, 0.6) is 0 Å². The molecule has 2 heterocycles. The molecule has 0 amide bonds. The monoisotopic (exact) mass is 415 g/mol. The van der Waals surface area contributed by atoms with Crippen molar-refractivity contribution in [2.75, 3.05) is 0 Å². The third-order valence-corrected chi connectivity index (χ3v) is 5.88. The van der Waals surface area contributed by atoms with Crippen LogP contribution in [0.15, 0.2) is 47.5 Å². The summed E-state index contributed by atoms with van der Waals surface area (Å²) in [7, 11) is -3.94. The summed E-state index contributed by atoms with van der Waals surface area (Å²) in [5.74, 6) is -0.564. The van der Waals surface area contributed by atoms with Gasteiger partial charge in [0.25, 0.3) is 0 Å². The third-order valence-electron chi connectivity index (χ3n) is 4.32. The van der Waals surface area contributed by atoms with Crippen molar-refractivity contribution in [2.45, 2.75) is 37.5 Å². The van der Waals surface area contributed by atoms with Crippen molar-refractivity contribution in [3.05, 3.63) is 59.8 Å². The molecule has 5 nitrogen and oxygen atoms in total. The quantitative estimate of drug-likeness (QED) is 0.634. The van der Waals surface area contributed by atoms with Crippen LogP contribution in [0.2, 0.25) is 0 Å². The van der Waals surface area contributed by atoms with E-state index in [4.69, 9.17) is 0 Å². The summed E-state index contributed by atoms with van der Waals surface area (Å²) < 4.78 is 81.1. The molecule has 3 rings (SSSR count). The average molecular weight is 415 g/mol. The van der Waals surface area contributed by atoms with Gasteiger partial charge in [-0.05, 0) is 50.2 Å². The summed E-state index contributed by atoms with van der Waals surface area (Å²) in [4.78, 5) is 3.33. The minimum Gasteiger partial charge on any atom is -0.343 e. The Labute approximate surface area is 159 Å². The van der Waals surface area contributed by atoms with Crippen LogP contribution in [0, 0.1) is 5.82 Å². The molecule has 0 saturated heterocycles. The van der Waals surface area contributed by atoms with Gasteiger partial charge >= 0.3 is 6.18 Å². The van der Waals surface area contributed by atoms with Gasteiger partial charge in [-0.2, -0.15) is 13.2 Å². The van der Waals surface area contributed by atoms with E-state index in [2.05, 4.69) is 9.71 Å². The maximum absolute atomic E-state index is 13.0. The summed E-state index contributed by atoms with van der Waals surface area (Å²) in [6, 6.07) is 6.15. The molecule has 10 heteroatoms. The Kier molecular flexibility index (Phi) is 5.20. The van der Waals surface area contributed by atoms with E-state index >= 15 is 0 Å².